The molecule has 0 aliphatic heterocycles. The van der Waals surface area contributed by atoms with E-state index >= 15 is 0 Å². The van der Waals surface area contributed by atoms with Crippen LogP contribution in [0.2, 0.25) is 0 Å². The predicted octanol–water partition coefficient (Wildman–Crippen LogP) is 2.17. The Balaban J connectivity index is 2.31. The van der Waals surface area contributed by atoms with Crippen LogP contribution in [0.25, 0.3) is 0 Å². The number of hydrazine groups is 1. The van der Waals surface area contributed by atoms with E-state index in [1.165, 1.54) is 18.3 Å². The lowest BCUT2D eigenvalue weighted by Gasteiger charge is -2.21. The molecule has 0 atom stereocenters. The average Bonchev–Trinajstić information content (AvgIpc) is 2.50. The lowest BCUT2D eigenvalue weighted by Crippen LogP contribution is -2.30. The SMILES string of the molecule is CCN(C(=O)c1ccnc(NN)c1)c1ccc(F)cc1. The number of carbonyl (C=O) groups excluding carboxylic acids is 1. The topological polar surface area (TPSA) is 71.2 Å². The fourth-order valence-electron chi connectivity index (χ4n) is 1.86. The van der Waals surface area contributed by atoms with Crippen LogP contribution in [-0.2, 0) is 0 Å². The van der Waals surface area contributed by atoms with Crippen molar-refractivity contribution >= 4 is 17.4 Å². The maximum absolute atomic E-state index is 12.9. The van der Waals surface area contributed by atoms with Crippen LogP contribution in [0.15, 0.2) is 42.6 Å². The van der Waals surface area contributed by atoms with Gasteiger partial charge >= 0.3 is 0 Å². The van der Waals surface area contributed by atoms with E-state index in [2.05, 4.69) is 10.4 Å². The molecule has 6 heteroatoms. The maximum Gasteiger partial charge on any atom is 0.258 e. The van der Waals surface area contributed by atoms with Crippen LogP contribution in [-0.4, -0.2) is 17.4 Å². The molecule has 20 heavy (non-hydrogen) atoms. The Labute approximate surface area is 116 Å². The first-order valence-corrected chi connectivity index (χ1v) is 6.15. The number of nitrogen functional groups attached to an aromatic ring is 1. The number of amides is 1. The summed E-state index contributed by atoms with van der Waals surface area (Å²) in [5.41, 5.74) is 3.49. The van der Waals surface area contributed by atoms with E-state index in [9.17, 15) is 9.18 Å². The minimum absolute atomic E-state index is 0.196. The Morgan fingerprint density at radius 1 is 1.35 bits per heavy atom. The summed E-state index contributed by atoms with van der Waals surface area (Å²) in [5.74, 6) is 5.15. The first-order chi connectivity index (χ1) is 9.65. The van der Waals surface area contributed by atoms with Gasteiger partial charge < -0.3 is 10.3 Å². The molecular formula is C14H15FN4O. The Kier molecular flexibility index (Phi) is 4.27. The summed E-state index contributed by atoms with van der Waals surface area (Å²) < 4.78 is 12.9. The first-order valence-electron chi connectivity index (χ1n) is 6.15. The van der Waals surface area contributed by atoms with Crippen molar-refractivity contribution in [2.75, 3.05) is 16.9 Å². The van der Waals surface area contributed by atoms with Crippen molar-refractivity contribution in [3.05, 3.63) is 54.0 Å². The van der Waals surface area contributed by atoms with Crippen molar-refractivity contribution in [2.45, 2.75) is 6.92 Å². The van der Waals surface area contributed by atoms with Gasteiger partial charge in [0.05, 0.1) is 0 Å². The van der Waals surface area contributed by atoms with Gasteiger partial charge in [0.1, 0.15) is 11.6 Å². The first kappa shape index (κ1) is 14.0. The highest BCUT2D eigenvalue weighted by molar-refractivity contribution is 6.06. The number of pyridine rings is 1. The summed E-state index contributed by atoms with van der Waals surface area (Å²) in [6.07, 6.45) is 1.50. The fourth-order valence-corrected chi connectivity index (χ4v) is 1.86. The van der Waals surface area contributed by atoms with Crippen LogP contribution in [0.5, 0.6) is 0 Å². The Morgan fingerprint density at radius 3 is 2.65 bits per heavy atom. The van der Waals surface area contributed by atoms with Gasteiger partial charge in [0.15, 0.2) is 0 Å². The molecule has 0 radical (unpaired) electrons. The molecule has 0 aliphatic carbocycles. The lowest BCUT2D eigenvalue weighted by atomic mass is 10.2. The molecule has 0 unspecified atom stereocenters. The molecule has 1 aromatic heterocycles. The van der Waals surface area contributed by atoms with E-state index in [4.69, 9.17) is 5.84 Å². The van der Waals surface area contributed by atoms with Gasteiger partial charge in [0.2, 0.25) is 0 Å². The van der Waals surface area contributed by atoms with Gasteiger partial charge in [-0.25, -0.2) is 15.2 Å². The van der Waals surface area contributed by atoms with E-state index in [0.29, 0.717) is 23.6 Å². The molecule has 1 aromatic carbocycles. The second-order valence-electron chi connectivity index (χ2n) is 4.10. The molecule has 2 aromatic rings. The van der Waals surface area contributed by atoms with Gasteiger partial charge in [-0.1, -0.05) is 0 Å². The largest absolute Gasteiger partial charge is 0.309 e. The molecule has 0 saturated heterocycles. The van der Waals surface area contributed by atoms with Gasteiger partial charge in [-0.3, -0.25) is 4.79 Å². The number of halogens is 1. The van der Waals surface area contributed by atoms with Crippen molar-refractivity contribution in [1.82, 2.24) is 4.98 Å². The summed E-state index contributed by atoms with van der Waals surface area (Å²) in [5, 5.41) is 0. The molecule has 1 amide bonds. The van der Waals surface area contributed by atoms with Gasteiger partial charge in [-0.15, -0.1) is 0 Å². The van der Waals surface area contributed by atoms with Crippen molar-refractivity contribution in [3.63, 3.8) is 0 Å². The molecule has 1 heterocycles. The quantitative estimate of drug-likeness (QED) is 0.662. The number of aromatic nitrogens is 1. The number of anilines is 2. The van der Waals surface area contributed by atoms with Crippen LogP contribution in [0, 0.1) is 5.82 Å². The summed E-state index contributed by atoms with van der Waals surface area (Å²) in [6, 6.07) is 8.96. The standard InChI is InChI=1S/C14H15FN4O/c1-2-19(12-5-3-11(15)4-6-12)14(20)10-7-8-17-13(9-10)18-16/h3-9H,2,16H2,1H3,(H,17,18). The molecule has 5 nitrogen and oxygen atoms in total. The van der Waals surface area contributed by atoms with Crippen LogP contribution in [0.1, 0.15) is 17.3 Å². The summed E-state index contributed by atoms with van der Waals surface area (Å²) in [7, 11) is 0. The fraction of sp³-hybridized carbons (Fsp3) is 0.143. The number of nitrogens with one attached hydrogen (secondary N) is 1. The molecule has 2 rings (SSSR count). The van der Waals surface area contributed by atoms with Crippen molar-refractivity contribution in [1.29, 1.82) is 0 Å². The Hall–Kier alpha value is -2.47. The molecule has 0 spiro atoms. The summed E-state index contributed by atoms with van der Waals surface area (Å²) >= 11 is 0. The average molecular weight is 274 g/mol. The molecule has 0 saturated carbocycles. The predicted molar refractivity (Wildman–Crippen MR) is 75.8 cm³/mol. The van der Waals surface area contributed by atoms with Gasteiger partial charge in [-0.2, -0.15) is 0 Å². The van der Waals surface area contributed by atoms with E-state index in [0.717, 1.165) is 0 Å². The smallest absolute Gasteiger partial charge is 0.258 e. The van der Waals surface area contributed by atoms with Crippen LogP contribution in [0.3, 0.4) is 0 Å². The Morgan fingerprint density at radius 2 is 2.05 bits per heavy atom. The van der Waals surface area contributed by atoms with E-state index in [-0.39, 0.29) is 11.7 Å². The van der Waals surface area contributed by atoms with Crippen molar-refractivity contribution < 1.29 is 9.18 Å². The second-order valence-corrected chi connectivity index (χ2v) is 4.10. The van der Waals surface area contributed by atoms with Crippen LogP contribution < -0.4 is 16.2 Å². The zero-order chi connectivity index (χ0) is 14.5. The number of benzene rings is 1. The zero-order valence-corrected chi connectivity index (χ0v) is 11.0. The number of hydrogen-bond donors (Lipinski definition) is 2. The Bertz CT molecular complexity index is 600. The highest BCUT2D eigenvalue weighted by atomic mass is 19.1. The molecule has 104 valence electrons. The number of carbonyl (C=O) groups is 1. The van der Waals surface area contributed by atoms with Gasteiger partial charge in [0, 0.05) is 24.0 Å². The normalized spacial score (nSPS) is 10.2. The van der Waals surface area contributed by atoms with E-state index < -0.39 is 0 Å². The third-order valence-corrected chi connectivity index (χ3v) is 2.85. The van der Waals surface area contributed by atoms with Gasteiger partial charge in [0.25, 0.3) is 5.91 Å². The highest BCUT2D eigenvalue weighted by Gasteiger charge is 2.16. The number of nitrogens with zero attached hydrogens (tertiary/aromatic N) is 2. The highest BCUT2D eigenvalue weighted by Crippen LogP contribution is 2.18. The van der Waals surface area contributed by atoms with Crippen LogP contribution in [0.4, 0.5) is 15.9 Å². The number of rotatable bonds is 4. The van der Waals surface area contributed by atoms with E-state index in [1.54, 1.807) is 29.2 Å². The third-order valence-electron chi connectivity index (χ3n) is 2.85. The van der Waals surface area contributed by atoms with Gasteiger partial charge in [-0.05, 0) is 43.3 Å². The second kappa shape index (κ2) is 6.12. The van der Waals surface area contributed by atoms with Crippen LogP contribution >= 0.6 is 0 Å². The minimum Gasteiger partial charge on any atom is -0.309 e. The molecular weight excluding hydrogens is 259 g/mol. The maximum atomic E-state index is 12.9. The molecule has 0 bridgehead atoms. The van der Waals surface area contributed by atoms with E-state index in [1.807, 2.05) is 6.92 Å². The lowest BCUT2D eigenvalue weighted by molar-refractivity contribution is 0.0988. The number of hydrogen-bond acceptors (Lipinski definition) is 4. The number of nitrogens with two attached hydrogens (primary N) is 1. The van der Waals surface area contributed by atoms with Crippen molar-refractivity contribution in [2.24, 2.45) is 5.84 Å². The molecule has 3 N–H and O–H groups in total. The zero-order valence-electron chi connectivity index (χ0n) is 11.0. The van der Waals surface area contributed by atoms with Crippen molar-refractivity contribution in [3.8, 4) is 0 Å². The monoisotopic (exact) mass is 274 g/mol. The summed E-state index contributed by atoms with van der Waals surface area (Å²) in [6.45, 7) is 2.32. The summed E-state index contributed by atoms with van der Waals surface area (Å²) in [4.78, 5) is 18.0. The molecule has 0 fully saturated rings. The minimum atomic E-state index is -0.337. The third kappa shape index (κ3) is 2.92. The molecule has 0 aliphatic rings.